The van der Waals surface area contributed by atoms with E-state index in [1.807, 2.05) is 4.90 Å². The van der Waals surface area contributed by atoms with Crippen LogP contribution in [0.5, 0.6) is 5.75 Å². The van der Waals surface area contributed by atoms with Gasteiger partial charge in [-0.15, -0.1) is 0 Å². The smallest absolute Gasteiger partial charge is 0.338 e. The van der Waals surface area contributed by atoms with Gasteiger partial charge < -0.3 is 19.3 Å². The molecule has 1 amide bonds. The Labute approximate surface area is 201 Å². The molecule has 0 unspecified atom stereocenters. The Hall–Kier alpha value is -2.66. The van der Waals surface area contributed by atoms with Crippen molar-refractivity contribution in [2.24, 2.45) is 0 Å². The first-order valence-corrected chi connectivity index (χ1v) is 11.4. The molecule has 0 aliphatic carbocycles. The number of hydrogen-bond donors (Lipinski definition) is 0. The van der Waals surface area contributed by atoms with Crippen molar-refractivity contribution >= 4 is 55.1 Å². The van der Waals surface area contributed by atoms with E-state index in [2.05, 4.69) is 31.9 Å². The van der Waals surface area contributed by atoms with Crippen LogP contribution in [-0.4, -0.2) is 61.6 Å². The summed E-state index contributed by atoms with van der Waals surface area (Å²) in [5.41, 5.74) is 0.779. The van der Waals surface area contributed by atoms with Crippen LogP contribution in [0.15, 0.2) is 39.3 Å². The van der Waals surface area contributed by atoms with Crippen molar-refractivity contribution in [2.75, 3.05) is 44.8 Å². The molecule has 2 aromatic rings. The summed E-state index contributed by atoms with van der Waals surface area (Å²) < 4.78 is 11.7. The van der Waals surface area contributed by atoms with E-state index < -0.39 is 10.9 Å². The normalized spacial score (nSPS) is 13.6. The maximum atomic E-state index is 13.1. The summed E-state index contributed by atoms with van der Waals surface area (Å²) in [6.07, 6.45) is 0. The van der Waals surface area contributed by atoms with Crippen molar-refractivity contribution in [1.82, 2.24) is 4.90 Å². The van der Waals surface area contributed by atoms with E-state index in [-0.39, 0.29) is 23.8 Å². The van der Waals surface area contributed by atoms with Crippen molar-refractivity contribution in [3.63, 3.8) is 0 Å². The third kappa shape index (κ3) is 5.04. The largest absolute Gasteiger partial charge is 0.495 e. The van der Waals surface area contributed by atoms with Gasteiger partial charge in [0.15, 0.2) is 0 Å². The number of rotatable bonds is 6. The monoisotopic (exact) mass is 569 g/mol. The quantitative estimate of drug-likeness (QED) is 0.290. The van der Waals surface area contributed by atoms with Gasteiger partial charge in [-0.3, -0.25) is 14.9 Å². The third-order valence-corrected chi connectivity index (χ3v) is 6.08. The molecule has 32 heavy (non-hydrogen) atoms. The maximum absolute atomic E-state index is 13.1. The number of halogens is 2. The van der Waals surface area contributed by atoms with E-state index in [1.165, 1.54) is 19.2 Å². The number of benzene rings is 2. The second kappa shape index (κ2) is 10.3. The fourth-order valence-corrected chi connectivity index (χ4v) is 4.91. The summed E-state index contributed by atoms with van der Waals surface area (Å²) in [6, 6.07) is 7.80. The summed E-state index contributed by atoms with van der Waals surface area (Å²) in [7, 11) is 1.50. The standard InChI is InChI=1S/C21H21Br2N3O6/c1-3-32-21(28)13-4-5-17(18(10-13)26(29)30)24-6-8-25(9-7-24)20(27)15-11-14(22)12-16(23)19(15)31-2/h4-5,10-12H,3,6-9H2,1-2H3. The first-order chi connectivity index (χ1) is 15.3. The summed E-state index contributed by atoms with van der Waals surface area (Å²) in [6.45, 7) is 3.42. The van der Waals surface area contributed by atoms with Crippen LogP contribution in [-0.2, 0) is 4.74 Å². The van der Waals surface area contributed by atoms with E-state index >= 15 is 0 Å². The average Bonchev–Trinajstić information content (AvgIpc) is 2.78. The number of nitro groups is 1. The van der Waals surface area contributed by atoms with Crippen LogP contribution in [0.3, 0.4) is 0 Å². The molecule has 2 aromatic carbocycles. The lowest BCUT2D eigenvalue weighted by atomic mass is 10.1. The van der Waals surface area contributed by atoms with Crippen LogP contribution in [0.2, 0.25) is 0 Å². The molecule has 0 bridgehead atoms. The lowest BCUT2D eigenvalue weighted by molar-refractivity contribution is -0.384. The molecule has 1 fully saturated rings. The molecule has 3 rings (SSSR count). The fourth-order valence-electron chi connectivity index (χ4n) is 3.53. The number of ether oxygens (including phenoxy) is 2. The fraction of sp³-hybridized carbons (Fsp3) is 0.333. The molecule has 1 heterocycles. The van der Waals surface area contributed by atoms with E-state index in [9.17, 15) is 19.7 Å². The van der Waals surface area contributed by atoms with Crippen molar-refractivity contribution in [3.8, 4) is 5.75 Å². The zero-order valence-electron chi connectivity index (χ0n) is 17.5. The molecule has 0 spiro atoms. The number of carbonyl (C=O) groups is 2. The van der Waals surface area contributed by atoms with Crippen LogP contribution in [0.4, 0.5) is 11.4 Å². The molecule has 0 aromatic heterocycles. The molecule has 1 aliphatic rings. The number of carbonyl (C=O) groups excluding carboxylic acids is 2. The van der Waals surface area contributed by atoms with Crippen molar-refractivity contribution in [2.45, 2.75) is 6.92 Å². The second-order valence-electron chi connectivity index (χ2n) is 6.93. The lowest BCUT2D eigenvalue weighted by Gasteiger charge is -2.36. The minimum atomic E-state index is -0.605. The summed E-state index contributed by atoms with van der Waals surface area (Å²) in [5, 5.41) is 11.6. The van der Waals surface area contributed by atoms with Crippen molar-refractivity contribution in [1.29, 1.82) is 0 Å². The summed E-state index contributed by atoms with van der Waals surface area (Å²) in [5.74, 6) is -0.340. The number of hydrogen-bond acceptors (Lipinski definition) is 7. The molecule has 1 saturated heterocycles. The number of nitro benzene ring substituents is 1. The first kappa shape index (κ1) is 24.0. The van der Waals surface area contributed by atoms with Gasteiger partial charge in [-0.25, -0.2) is 4.79 Å². The Balaban J connectivity index is 1.78. The highest BCUT2D eigenvalue weighted by molar-refractivity contribution is 9.11. The SMILES string of the molecule is CCOC(=O)c1ccc(N2CCN(C(=O)c3cc(Br)cc(Br)c3OC)CC2)c([N+](=O)[O-])c1. The number of esters is 1. The minimum Gasteiger partial charge on any atom is -0.495 e. The molecule has 1 aliphatic heterocycles. The zero-order chi connectivity index (χ0) is 23.4. The second-order valence-corrected chi connectivity index (χ2v) is 8.70. The van der Waals surface area contributed by atoms with Crippen LogP contribution >= 0.6 is 31.9 Å². The van der Waals surface area contributed by atoms with Gasteiger partial charge in [0.1, 0.15) is 11.4 Å². The Morgan fingerprint density at radius 3 is 2.41 bits per heavy atom. The number of piperazine rings is 1. The van der Waals surface area contributed by atoms with Crippen molar-refractivity contribution < 1.29 is 24.0 Å². The highest BCUT2D eigenvalue weighted by Crippen LogP contribution is 2.34. The van der Waals surface area contributed by atoms with Crippen LogP contribution in [0.1, 0.15) is 27.6 Å². The maximum Gasteiger partial charge on any atom is 0.338 e. The van der Waals surface area contributed by atoms with Crippen LogP contribution in [0.25, 0.3) is 0 Å². The topological polar surface area (TPSA) is 102 Å². The van der Waals surface area contributed by atoms with Gasteiger partial charge in [0.25, 0.3) is 11.6 Å². The Bertz CT molecular complexity index is 1050. The van der Waals surface area contributed by atoms with Crippen LogP contribution in [0, 0.1) is 10.1 Å². The predicted octanol–water partition coefficient (Wildman–Crippen LogP) is 4.27. The first-order valence-electron chi connectivity index (χ1n) is 9.79. The Kier molecular flexibility index (Phi) is 7.73. The van der Waals surface area contributed by atoms with Gasteiger partial charge in [-0.1, -0.05) is 15.9 Å². The molecular formula is C21H21Br2N3O6. The minimum absolute atomic E-state index is 0.128. The number of methoxy groups -OCH3 is 1. The molecule has 9 nitrogen and oxygen atoms in total. The van der Waals surface area contributed by atoms with E-state index in [0.717, 1.165) is 4.47 Å². The van der Waals surface area contributed by atoms with Crippen molar-refractivity contribution in [3.05, 3.63) is 60.5 Å². The third-order valence-electron chi connectivity index (χ3n) is 5.03. The Morgan fingerprint density at radius 1 is 1.12 bits per heavy atom. The molecular weight excluding hydrogens is 550 g/mol. The molecule has 11 heteroatoms. The van der Waals surface area contributed by atoms with Gasteiger partial charge in [0.05, 0.1) is 34.2 Å². The highest BCUT2D eigenvalue weighted by atomic mass is 79.9. The number of amides is 1. The van der Waals surface area contributed by atoms with E-state index in [0.29, 0.717) is 47.7 Å². The summed E-state index contributed by atoms with van der Waals surface area (Å²) in [4.78, 5) is 39.7. The molecule has 0 N–H and O–H groups in total. The highest BCUT2D eigenvalue weighted by Gasteiger charge is 2.29. The number of nitrogens with zero attached hydrogens (tertiary/aromatic N) is 3. The predicted molar refractivity (Wildman–Crippen MR) is 126 cm³/mol. The van der Waals surface area contributed by atoms with E-state index in [1.54, 1.807) is 30.0 Å². The van der Waals surface area contributed by atoms with E-state index in [4.69, 9.17) is 9.47 Å². The lowest BCUT2D eigenvalue weighted by Crippen LogP contribution is -2.49. The van der Waals surface area contributed by atoms with Crippen LogP contribution < -0.4 is 9.64 Å². The van der Waals surface area contributed by atoms with Gasteiger partial charge >= 0.3 is 5.97 Å². The summed E-state index contributed by atoms with van der Waals surface area (Å²) >= 11 is 6.80. The average molecular weight is 571 g/mol. The van der Waals surface area contributed by atoms with Gasteiger partial charge in [0.2, 0.25) is 0 Å². The molecule has 0 radical (unpaired) electrons. The van der Waals surface area contributed by atoms with Gasteiger partial charge in [-0.05, 0) is 47.1 Å². The zero-order valence-corrected chi connectivity index (χ0v) is 20.6. The van der Waals surface area contributed by atoms with Gasteiger partial charge in [-0.2, -0.15) is 0 Å². The van der Waals surface area contributed by atoms with Gasteiger partial charge in [0, 0.05) is 36.7 Å². The molecule has 170 valence electrons. The number of anilines is 1. The Morgan fingerprint density at radius 2 is 1.81 bits per heavy atom. The molecule has 0 atom stereocenters. The molecule has 0 saturated carbocycles.